The van der Waals surface area contributed by atoms with E-state index in [1.54, 1.807) is 0 Å². The molecule has 0 aliphatic heterocycles. The normalized spacial score (nSPS) is 31.7. The molecular weight excluding hydrogens is 232 g/mol. The average molecular weight is 252 g/mol. The minimum Gasteiger partial charge on any atom is -0.369 e. The van der Waals surface area contributed by atoms with E-state index in [1.165, 1.54) is 11.1 Å². The quantitative estimate of drug-likeness (QED) is 0.734. The van der Waals surface area contributed by atoms with Crippen molar-refractivity contribution in [2.75, 3.05) is 6.61 Å². The van der Waals surface area contributed by atoms with E-state index in [0.29, 0.717) is 11.8 Å². The van der Waals surface area contributed by atoms with Crippen LogP contribution in [-0.4, -0.2) is 6.61 Å². The zero-order valence-electron chi connectivity index (χ0n) is 11.5. The van der Waals surface area contributed by atoms with Crippen LogP contribution in [0.25, 0.3) is 0 Å². The Hall–Kier alpha value is -1.60. The zero-order chi connectivity index (χ0) is 13.3. The van der Waals surface area contributed by atoms with Gasteiger partial charge in [-0.05, 0) is 25.0 Å². The van der Waals surface area contributed by atoms with Crippen molar-refractivity contribution in [2.45, 2.75) is 19.4 Å². The van der Waals surface area contributed by atoms with Gasteiger partial charge in [-0.15, -0.1) is 0 Å². The van der Waals surface area contributed by atoms with E-state index in [2.05, 4.69) is 74.6 Å². The Labute approximate surface area is 115 Å². The molecule has 2 aliphatic rings. The van der Waals surface area contributed by atoms with E-state index >= 15 is 0 Å². The number of ether oxygens (including phenoxy) is 1. The summed E-state index contributed by atoms with van der Waals surface area (Å²) < 4.78 is 6.34. The van der Waals surface area contributed by atoms with Crippen molar-refractivity contribution in [1.29, 1.82) is 0 Å². The molecule has 19 heavy (non-hydrogen) atoms. The van der Waals surface area contributed by atoms with Crippen LogP contribution in [0.3, 0.4) is 0 Å². The number of aryl methyl sites for hydroxylation is 1. The summed E-state index contributed by atoms with van der Waals surface area (Å²) in [4.78, 5) is 0. The third kappa shape index (κ3) is 1.81. The van der Waals surface area contributed by atoms with Crippen LogP contribution >= 0.6 is 0 Å². The fourth-order valence-corrected chi connectivity index (χ4v) is 3.41. The van der Waals surface area contributed by atoms with Crippen molar-refractivity contribution in [1.82, 2.24) is 0 Å². The predicted molar refractivity (Wildman–Crippen MR) is 78.9 cm³/mol. The van der Waals surface area contributed by atoms with Gasteiger partial charge in [0.2, 0.25) is 0 Å². The molecule has 2 unspecified atom stereocenters. The van der Waals surface area contributed by atoms with Crippen molar-refractivity contribution >= 4 is 0 Å². The fraction of sp³-hybridized carbons (Fsp3) is 0.333. The smallest absolute Gasteiger partial charge is 0.113 e. The number of benzene rings is 1. The second kappa shape index (κ2) is 4.82. The SMILES string of the molecule is CCOC1(c2ccccc2C)C2C=CC=CC1C=C2. The predicted octanol–water partition coefficient (Wildman–Crippen LogP) is 4.16. The topological polar surface area (TPSA) is 9.23 Å². The zero-order valence-corrected chi connectivity index (χ0v) is 11.5. The summed E-state index contributed by atoms with van der Waals surface area (Å²) in [6.45, 7) is 4.98. The van der Waals surface area contributed by atoms with Crippen molar-refractivity contribution in [3.8, 4) is 0 Å². The van der Waals surface area contributed by atoms with E-state index < -0.39 is 0 Å². The summed E-state index contributed by atoms with van der Waals surface area (Å²) in [5.74, 6) is 0.627. The summed E-state index contributed by atoms with van der Waals surface area (Å²) >= 11 is 0. The highest BCUT2D eigenvalue weighted by atomic mass is 16.5. The molecule has 0 saturated heterocycles. The molecule has 2 atom stereocenters. The van der Waals surface area contributed by atoms with Gasteiger partial charge in [0.15, 0.2) is 0 Å². The molecular formula is C18H20O. The van der Waals surface area contributed by atoms with Gasteiger partial charge >= 0.3 is 0 Å². The lowest BCUT2D eigenvalue weighted by atomic mass is 9.75. The third-order valence-corrected chi connectivity index (χ3v) is 4.21. The molecule has 2 bridgehead atoms. The Morgan fingerprint density at radius 2 is 1.63 bits per heavy atom. The first kappa shape index (κ1) is 12.4. The Morgan fingerprint density at radius 1 is 1.00 bits per heavy atom. The molecule has 1 nitrogen and oxygen atoms in total. The Balaban J connectivity index is 2.18. The van der Waals surface area contributed by atoms with Crippen LogP contribution in [0, 0.1) is 18.8 Å². The highest BCUT2D eigenvalue weighted by Crippen LogP contribution is 2.49. The number of hydrogen-bond donors (Lipinski definition) is 0. The van der Waals surface area contributed by atoms with Crippen LogP contribution in [0.2, 0.25) is 0 Å². The summed E-state index contributed by atoms with van der Waals surface area (Å²) in [6, 6.07) is 8.59. The van der Waals surface area contributed by atoms with E-state index in [0.717, 1.165) is 6.61 Å². The van der Waals surface area contributed by atoms with Gasteiger partial charge in [-0.1, -0.05) is 60.7 Å². The van der Waals surface area contributed by atoms with E-state index in [4.69, 9.17) is 4.74 Å². The monoisotopic (exact) mass is 252 g/mol. The lowest BCUT2D eigenvalue weighted by Gasteiger charge is -2.39. The molecule has 98 valence electrons. The van der Waals surface area contributed by atoms with Crippen LogP contribution in [0.4, 0.5) is 0 Å². The largest absolute Gasteiger partial charge is 0.369 e. The molecule has 0 aromatic heterocycles. The second-order valence-corrected chi connectivity index (χ2v) is 5.25. The molecule has 0 amide bonds. The maximum atomic E-state index is 6.34. The van der Waals surface area contributed by atoms with Crippen molar-refractivity contribution in [3.05, 3.63) is 71.8 Å². The Kier molecular flexibility index (Phi) is 3.16. The van der Waals surface area contributed by atoms with Crippen LogP contribution in [0.5, 0.6) is 0 Å². The molecule has 1 aromatic rings. The van der Waals surface area contributed by atoms with Crippen LogP contribution < -0.4 is 0 Å². The summed E-state index contributed by atoms with van der Waals surface area (Å²) in [5, 5.41) is 0. The van der Waals surface area contributed by atoms with Gasteiger partial charge < -0.3 is 4.74 Å². The maximum absolute atomic E-state index is 6.34. The fourth-order valence-electron chi connectivity index (χ4n) is 3.41. The van der Waals surface area contributed by atoms with E-state index in [1.807, 2.05) is 0 Å². The Bertz CT molecular complexity index is 529. The minimum atomic E-state index is -0.260. The highest BCUT2D eigenvalue weighted by molar-refractivity contribution is 5.42. The van der Waals surface area contributed by atoms with Gasteiger partial charge in [-0.2, -0.15) is 0 Å². The highest BCUT2D eigenvalue weighted by Gasteiger charge is 2.48. The maximum Gasteiger partial charge on any atom is 0.113 e. The van der Waals surface area contributed by atoms with Gasteiger partial charge in [0.1, 0.15) is 5.60 Å². The number of fused-ring (bicyclic) bond motifs is 2. The second-order valence-electron chi connectivity index (χ2n) is 5.25. The first-order valence-corrected chi connectivity index (χ1v) is 7.02. The molecule has 1 heteroatoms. The molecule has 0 N–H and O–H groups in total. The van der Waals surface area contributed by atoms with Gasteiger partial charge in [0, 0.05) is 18.4 Å². The lowest BCUT2D eigenvalue weighted by molar-refractivity contribution is -0.0753. The van der Waals surface area contributed by atoms with Crippen molar-refractivity contribution < 1.29 is 4.74 Å². The van der Waals surface area contributed by atoms with Gasteiger partial charge in [0.05, 0.1) is 0 Å². The first-order chi connectivity index (χ1) is 9.29. The summed E-state index contributed by atoms with van der Waals surface area (Å²) in [6.07, 6.45) is 13.4. The van der Waals surface area contributed by atoms with Gasteiger partial charge in [-0.25, -0.2) is 0 Å². The van der Waals surface area contributed by atoms with Gasteiger partial charge in [0.25, 0.3) is 0 Å². The van der Waals surface area contributed by atoms with Crippen molar-refractivity contribution in [2.24, 2.45) is 11.8 Å². The molecule has 0 heterocycles. The van der Waals surface area contributed by atoms with E-state index in [-0.39, 0.29) is 5.60 Å². The molecule has 3 rings (SSSR count). The van der Waals surface area contributed by atoms with Crippen LogP contribution in [-0.2, 0) is 10.3 Å². The minimum absolute atomic E-state index is 0.260. The first-order valence-electron chi connectivity index (χ1n) is 7.02. The van der Waals surface area contributed by atoms with Crippen molar-refractivity contribution in [3.63, 3.8) is 0 Å². The molecule has 0 fully saturated rings. The Morgan fingerprint density at radius 3 is 2.21 bits per heavy atom. The molecule has 0 radical (unpaired) electrons. The molecule has 2 aliphatic carbocycles. The lowest BCUT2D eigenvalue weighted by Crippen LogP contribution is -2.39. The summed E-state index contributed by atoms with van der Waals surface area (Å²) in [7, 11) is 0. The summed E-state index contributed by atoms with van der Waals surface area (Å²) in [5.41, 5.74) is 2.36. The molecule has 1 aromatic carbocycles. The number of hydrogen-bond acceptors (Lipinski definition) is 1. The number of allylic oxidation sites excluding steroid dienone is 2. The third-order valence-electron chi connectivity index (χ3n) is 4.21. The average Bonchev–Trinajstić information content (AvgIpc) is 2.61. The van der Waals surface area contributed by atoms with Crippen LogP contribution in [0.15, 0.2) is 60.7 Å². The molecule has 0 saturated carbocycles. The van der Waals surface area contributed by atoms with Gasteiger partial charge in [-0.3, -0.25) is 0 Å². The molecule has 0 spiro atoms. The standard InChI is InChI=1S/C18H20O/c1-3-19-18(17-11-7-4-8-14(17)2)15-9-5-6-10-16(18)13-12-15/h4-13,15-16H,3H2,1-2H3. The van der Waals surface area contributed by atoms with E-state index in [9.17, 15) is 0 Å². The van der Waals surface area contributed by atoms with Crippen LogP contribution in [0.1, 0.15) is 18.1 Å². The number of rotatable bonds is 3.